The van der Waals surface area contributed by atoms with E-state index in [0.29, 0.717) is 12.5 Å². The predicted molar refractivity (Wildman–Crippen MR) is 77.8 cm³/mol. The fourth-order valence-corrected chi connectivity index (χ4v) is 3.16. The molecule has 1 fully saturated rings. The van der Waals surface area contributed by atoms with Gasteiger partial charge in [-0.25, -0.2) is 17.9 Å². The molecule has 21 heavy (non-hydrogen) atoms. The Bertz CT molecular complexity index is 731. The predicted octanol–water partition coefficient (Wildman–Crippen LogP) is -1.50. The van der Waals surface area contributed by atoms with Crippen LogP contribution in [0, 0.1) is 0 Å². The number of rotatable bonds is 7. The molecular formula is C12H20N4O4S. The van der Waals surface area contributed by atoms with Crippen molar-refractivity contribution in [2.75, 3.05) is 13.1 Å². The third kappa shape index (κ3) is 3.80. The fraction of sp³-hybridized carbons (Fsp3) is 0.667. The van der Waals surface area contributed by atoms with Crippen molar-refractivity contribution >= 4 is 10.0 Å². The zero-order chi connectivity index (χ0) is 15.6. The van der Waals surface area contributed by atoms with Crippen molar-refractivity contribution in [3.8, 4) is 0 Å². The zero-order valence-electron chi connectivity index (χ0n) is 12.1. The average Bonchev–Trinajstić information content (AvgIpc) is 3.24. The summed E-state index contributed by atoms with van der Waals surface area (Å²) in [6, 6.07) is 0.581. The van der Waals surface area contributed by atoms with Gasteiger partial charge in [-0.3, -0.25) is 9.36 Å². The van der Waals surface area contributed by atoms with E-state index in [1.54, 1.807) is 0 Å². The lowest BCUT2D eigenvalue weighted by Crippen LogP contribution is -2.41. The number of aryl methyl sites for hydroxylation is 1. The van der Waals surface area contributed by atoms with Crippen molar-refractivity contribution in [2.24, 2.45) is 14.1 Å². The van der Waals surface area contributed by atoms with Crippen molar-refractivity contribution in [1.82, 2.24) is 19.2 Å². The molecule has 0 radical (unpaired) electrons. The van der Waals surface area contributed by atoms with Crippen molar-refractivity contribution < 1.29 is 8.42 Å². The minimum absolute atomic E-state index is 0.244. The Kier molecular flexibility index (Phi) is 4.64. The van der Waals surface area contributed by atoms with E-state index in [1.807, 2.05) is 0 Å². The summed E-state index contributed by atoms with van der Waals surface area (Å²) in [4.78, 5) is 23.0. The molecule has 8 nitrogen and oxygen atoms in total. The number of nitrogens with one attached hydrogen (secondary N) is 2. The molecule has 0 spiro atoms. The highest BCUT2D eigenvalue weighted by atomic mass is 32.2. The van der Waals surface area contributed by atoms with E-state index >= 15 is 0 Å². The molecule has 2 N–H and O–H groups in total. The Morgan fingerprint density at radius 3 is 2.52 bits per heavy atom. The first kappa shape index (κ1) is 15.9. The molecule has 1 aromatic heterocycles. The Morgan fingerprint density at radius 2 is 1.90 bits per heavy atom. The van der Waals surface area contributed by atoms with Gasteiger partial charge < -0.3 is 9.88 Å². The smallest absolute Gasteiger partial charge is 0.314 e. The van der Waals surface area contributed by atoms with Gasteiger partial charge in [-0.15, -0.1) is 0 Å². The maximum Gasteiger partial charge on any atom is 0.330 e. The summed E-state index contributed by atoms with van der Waals surface area (Å²) in [5.41, 5.74) is -1.38. The molecule has 1 saturated carbocycles. The van der Waals surface area contributed by atoms with Gasteiger partial charge in [-0.1, -0.05) is 0 Å². The van der Waals surface area contributed by atoms with Crippen LogP contribution in [-0.2, 0) is 24.1 Å². The van der Waals surface area contributed by atoms with Crippen LogP contribution in [0.15, 0.2) is 20.7 Å². The molecule has 0 unspecified atom stereocenters. The lowest BCUT2D eigenvalue weighted by atomic mass is 10.4. The Labute approximate surface area is 122 Å². The van der Waals surface area contributed by atoms with Crippen LogP contribution in [0.5, 0.6) is 0 Å². The molecule has 0 saturated heterocycles. The minimum Gasteiger partial charge on any atom is -0.314 e. The van der Waals surface area contributed by atoms with E-state index in [1.165, 1.54) is 26.9 Å². The molecule has 1 aromatic rings. The quantitative estimate of drug-likeness (QED) is 0.596. The third-order valence-corrected chi connectivity index (χ3v) is 4.80. The Balaban J connectivity index is 2.04. The van der Waals surface area contributed by atoms with Gasteiger partial charge in [-0.2, -0.15) is 0 Å². The Hall–Kier alpha value is -1.45. The SMILES string of the molecule is Cn1cc(S(=O)(=O)NCCCNC2CC2)c(=O)n(C)c1=O. The first-order valence-electron chi connectivity index (χ1n) is 6.82. The summed E-state index contributed by atoms with van der Waals surface area (Å²) in [5, 5.41) is 3.27. The average molecular weight is 316 g/mol. The molecule has 0 amide bonds. The van der Waals surface area contributed by atoms with E-state index in [2.05, 4.69) is 10.0 Å². The second kappa shape index (κ2) is 6.12. The lowest BCUT2D eigenvalue weighted by molar-refractivity contribution is 0.564. The van der Waals surface area contributed by atoms with Crippen LogP contribution >= 0.6 is 0 Å². The molecule has 9 heteroatoms. The molecule has 0 aromatic carbocycles. The monoisotopic (exact) mass is 316 g/mol. The van der Waals surface area contributed by atoms with E-state index in [4.69, 9.17) is 0 Å². The van der Waals surface area contributed by atoms with Crippen molar-refractivity contribution in [1.29, 1.82) is 0 Å². The molecule has 1 aliphatic rings. The van der Waals surface area contributed by atoms with Crippen LogP contribution in [0.25, 0.3) is 0 Å². The minimum atomic E-state index is -3.91. The van der Waals surface area contributed by atoms with Crippen molar-refractivity contribution in [2.45, 2.75) is 30.2 Å². The first-order valence-corrected chi connectivity index (χ1v) is 8.31. The standard InChI is InChI=1S/C12H20N4O4S/c1-15-8-10(11(17)16(2)12(15)18)21(19,20)14-7-3-6-13-9-4-5-9/h8-9,13-14H,3-7H2,1-2H3. The zero-order valence-corrected chi connectivity index (χ0v) is 12.9. The van der Waals surface area contributed by atoms with Crippen LogP contribution in [0.3, 0.4) is 0 Å². The van der Waals surface area contributed by atoms with Gasteiger partial charge in [-0.05, 0) is 25.8 Å². The van der Waals surface area contributed by atoms with Gasteiger partial charge in [0.05, 0.1) is 0 Å². The third-order valence-electron chi connectivity index (χ3n) is 3.36. The highest BCUT2D eigenvalue weighted by molar-refractivity contribution is 7.89. The van der Waals surface area contributed by atoms with Gasteiger partial charge in [0.15, 0.2) is 4.90 Å². The lowest BCUT2D eigenvalue weighted by Gasteiger charge is -2.09. The van der Waals surface area contributed by atoms with E-state index in [9.17, 15) is 18.0 Å². The maximum atomic E-state index is 12.1. The van der Waals surface area contributed by atoms with Gasteiger partial charge in [0, 0.05) is 32.9 Å². The normalized spacial score (nSPS) is 15.3. The Morgan fingerprint density at radius 1 is 1.24 bits per heavy atom. The molecule has 1 heterocycles. The van der Waals surface area contributed by atoms with Crippen LogP contribution in [0.1, 0.15) is 19.3 Å². The number of hydrogen-bond donors (Lipinski definition) is 2. The van der Waals surface area contributed by atoms with Crippen LogP contribution in [-0.4, -0.2) is 36.7 Å². The van der Waals surface area contributed by atoms with Crippen molar-refractivity contribution in [3.05, 3.63) is 27.0 Å². The summed E-state index contributed by atoms with van der Waals surface area (Å²) >= 11 is 0. The van der Waals surface area contributed by atoms with Gasteiger partial charge in [0.2, 0.25) is 10.0 Å². The van der Waals surface area contributed by atoms with Gasteiger partial charge in [0.1, 0.15) is 0 Å². The molecule has 118 valence electrons. The number of hydrogen-bond acceptors (Lipinski definition) is 5. The van der Waals surface area contributed by atoms with Crippen LogP contribution in [0.4, 0.5) is 0 Å². The summed E-state index contributed by atoms with van der Waals surface area (Å²) in [6.45, 7) is 0.979. The summed E-state index contributed by atoms with van der Waals surface area (Å²) in [7, 11) is -1.25. The summed E-state index contributed by atoms with van der Waals surface area (Å²) in [5.74, 6) is 0. The summed E-state index contributed by atoms with van der Waals surface area (Å²) < 4.78 is 28.5. The summed E-state index contributed by atoms with van der Waals surface area (Å²) in [6.07, 6.45) is 4.05. The number of nitrogens with zero attached hydrogens (tertiary/aromatic N) is 2. The largest absolute Gasteiger partial charge is 0.330 e. The first-order chi connectivity index (χ1) is 9.83. The topological polar surface area (TPSA) is 102 Å². The molecule has 2 rings (SSSR count). The molecule has 0 aliphatic heterocycles. The molecule has 0 atom stereocenters. The second-order valence-corrected chi connectivity index (χ2v) is 6.97. The fourth-order valence-electron chi connectivity index (χ4n) is 1.93. The van der Waals surface area contributed by atoms with Gasteiger partial charge >= 0.3 is 5.69 Å². The second-order valence-electron chi connectivity index (χ2n) is 5.23. The highest BCUT2D eigenvalue weighted by Crippen LogP contribution is 2.18. The van der Waals surface area contributed by atoms with Crippen LogP contribution in [0.2, 0.25) is 0 Å². The van der Waals surface area contributed by atoms with E-state index in [0.717, 1.165) is 21.9 Å². The highest BCUT2D eigenvalue weighted by Gasteiger charge is 2.22. The maximum absolute atomic E-state index is 12.1. The molecule has 1 aliphatic carbocycles. The number of sulfonamides is 1. The van der Waals surface area contributed by atoms with Crippen molar-refractivity contribution in [3.63, 3.8) is 0 Å². The van der Waals surface area contributed by atoms with E-state index < -0.39 is 26.2 Å². The van der Waals surface area contributed by atoms with Crippen LogP contribution < -0.4 is 21.3 Å². The number of aromatic nitrogens is 2. The van der Waals surface area contributed by atoms with E-state index in [-0.39, 0.29) is 6.54 Å². The molecule has 0 bridgehead atoms. The molecular weight excluding hydrogens is 296 g/mol. The van der Waals surface area contributed by atoms with Gasteiger partial charge in [0.25, 0.3) is 5.56 Å².